The summed E-state index contributed by atoms with van der Waals surface area (Å²) in [4.78, 5) is 11.6. The minimum absolute atomic E-state index is 0.202. The van der Waals surface area contributed by atoms with Gasteiger partial charge in [-0.1, -0.05) is 12.1 Å². The molecule has 0 aliphatic heterocycles. The van der Waals surface area contributed by atoms with Gasteiger partial charge in [-0.2, -0.15) is 0 Å². The van der Waals surface area contributed by atoms with Crippen LogP contribution in [0.1, 0.15) is 24.3 Å². The van der Waals surface area contributed by atoms with E-state index in [-0.39, 0.29) is 24.2 Å². The first-order valence-corrected chi connectivity index (χ1v) is 5.65. The molecule has 0 saturated heterocycles. The Hall–Kier alpha value is -1.42. The van der Waals surface area contributed by atoms with Gasteiger partial charge in [0.05, 0.1) is 12.5 Å². The second-order valence-corrected chi connectivity index (χ2v) is 4.64. The lowest BCUT2D eigenvalue weighted by atomic mass is 9.60. The third-order valence-electron chi connectivity index (χ3n) is 3.60. The topological polar surface area (TPSA) is 52.3 Å². The third kappa shape index (κ3) is 2.05. The van der Waals surface area contributed by atoms with E-state index in [0.29, 0.717) is 12.8 Å². The highest BCUT2D eigenvalue weighted by Crippen LogP contribution is 2.51. The van der Waals surface area contributed by atoms with Gasteiger partial charge in [0.15, 0.2) is 0 Å². The summed E-state index contributed by atoms with van der Waals surface area (Å²) in [5.74, 6) is -0.299. The Morgan fingerprint density at radius 3 is 2.82 bits per heavy atom. The van der Waals surface area contributed by atoms with E-state index < -0.39 is 5.41 Å². The number of ether oxygens (including phenoxy) is 1. The van der Waals surface area contributed by atoms with Gasteiger partial charge in [-0.15, -0.1) is 0 Å². The summed E-state index contributed by atoms with van der Waals surface area (Å²) in [6, 6.07) is 6.50. The Morgan fingerprint density at radius 1 is 1.59 bits per heavy atom. The van der Waals surface area contributed by atoms with Crippen molar-refractivity contribution >= 4 is 5.97 Å². The van der Waals surface area contributed by atoms with Crippen LogP contribution >= 0.6 is 0 Å². The first kappa shape index (κ1) is 12.0. The van der Waals surface area contributed by atoms with E-state index in [4.69, 9.17) is 10.5 Å². The van der Waals surface area contributed by atoms with Crippen molar-refractivity contribution in [3.63, 3.8) is 0 Å². The minimum atomic E-state index is -0.564. The van der Waals surface area contributed by atoms with Crippen LogP contribution in [0.2, 0.25) is 0 Å². The second kappa shape index (κ2) is 4.45. The van der Waals surface area contributed by atoms with Crippen LogP contribution in [-0.2, 0) is 9.53 Å². The molecule has 0 radical (unpaired) electrons. The van der Waals surface area contributed by atoms with Crippen LogP contribution in [0.5, 0.6) is 0 Å². The molecule has 1 fully saturated rings. The highest BCUT2D eigenvalue weighted by molar-refractivity contribution is 5.78. The first-order chi connectivity index (χ1) is 8.11. The Balaban J connectivity index is 2.09. The number of rotatable bonds is 3. The van der Waals surface area contributed by atoms with Crippen LogP contribution in [0.15, 0.2) is 24.3 Å². The molecule has 1 aliphatic rings. The normalized spacial score (nSPS) is 27.4. The van der Waals surface area contributed by atoms with E-state index >= 15 is 0 Å². The van der Waals surface area contributed by atoms with Crippen molar-refractivity contribution in [2.24, 2.45) is 11.1 Å². The van der Waals surface area contributed by atoms with Crippen molar-refractivity contribution in [2.75, 3.05) is 13.7 Å². The minimum Gasteiger partial charge on any atom is -0.469 e. The summed E-state index contributed by atoms with van der Waals surface area (Å²) >= 11 is 0. The highest BCUT2D eigenvalue weighted by atomic mass is 19.1. The quantitative estimate of drug-likeness (QED) is 0.816. The monoisotopic (exact) mass is 237 g/mol. The summed E-state index contributed by atoms with van der Waals surface area (Å²) in [5.41, 5.74) is 6.01. The molecule has 1 aromatic rings. The van der Waals surface area contributed by atoms with Crippen molar-refractivity contribution < 1.29 is 13.9 Å². The maximum atomic E-state index is 13.1. The van der Waals surface area contributed by atoms with Gasteiger partial charge < -0.3 is 10.5 Å². The number of carbonyl (C=O) groups is 1. The van der Waals surface area contributed by atoms with E-state index in [1.807, 2.05) is 6.07 Å². The average Bonchev–Trinajstić information content (AvgIpc) is 2.28. The van der Waals surface area contributed by atoms with Gasteiger partial charge in [0, 0.05) is 6.54 Å². The van der Waals surface area contributed by atoms with Crippen molar-refractivity contribution in [2.45, 2.75) is 18.8 Å². The highest BCUT2D eigenvalue weighted by Gasteiger charge is 2.50. The predicted octanol–water partition coefficient (Wildman–Crippen LogP) is 1.82. The van der Waals surface area contributed by atoms with Gasteiger partial charge in [0.1, 0.15) is 5.82 Å². The van der Waals surface area contributed by atoms with Crippen molar-refractivity contribution in [1.29, 1.82) is 0 Å². The fourth-order valence-corrected chi connectivity index (χ4v) is 2.51. The molecule has 0 aromatic heterocycles. The van der Waals surface area contributed by atoms with Crippen molar-refractivity contribution in [3.05, 3.63) is 35.6 Å². The van der Waals surface area contributed by atoms with Gasteiger partial charge in [0.2, 0.25) is 0 Å². The largest absolute Gasteiger partial charge is 0.469 e. The number of esters is 1. The predicted molar refractivity (Wildman–Crippen MR) is 61.9 cm³/mol. The molecular weight excluding hydrogens is 221 g/mol. The average molecular weight is 237 g/mol. The number of carbonyl (C=O) groups excluding carboxylic acids is 1. The van der Waals surface area contributed by atoms with Crippen LogP contribution in [-0.4, -0.2) is 19.6 Å². The lowest BCUT2D eigenvalue weighted by molar-refractivity contribution is -0.158. The third-order valence-corrected chi connectivity index (χ3v) is 3.60. The summed E-state index contributed by atoms with van der Waals surface area (Å²) in [6.07, 6.45) is 1.28. The molecule has 92 valence electrons. The van der Waals surface area contributed by atoms with Gasteiger partial charge >= 0.3 is 5.97 Å². The second-order valence-electron chi connectivity index (χ2n) is 4.64. The van der Waals surface area contributed by atoms with Crippen molar-refractivity contribution in [1.82, 2.24) is 0 Å². The molecule has 2 N–H and O–H groups in total. The summed E-state index contributed by atoms with van der Waals surface area (Å²) in [6.45, 7) is 0.283. The van der Waals surface area contributed by atoms with Crippen LogP contribution in [0.25, 0.3) is 0 Å². The van der Waals surface area contributed by atoms with Crippen molar-refractivity contribution in [3.8, 4) is 0 Å². The van der Waals surface area contributed by atoms with Gasteiger partial charge in [-0.05, 0) is 36.5 Å². The number of nitrogens with two attached hydrogens (primary N) is 1. The molecule has 17 heavy (non-hydrogen) atoms. The maximum Gasteiger partial charge on any atom is 0.313 e. The van der Waals surface area contributed by atoms with Crippen LogP contribution in [0, 0.1) is 11.2 Å². The summed E-state index contributed by atoms with van der Waals surface area (Å²) < 4.78 is 17.8. The summed E-state index contributed by atoms with van der Waals surface area (Å²) in [7, 11) is 1.37. The zero-order valence-corrected chi connectivity index (χ0v) is 9.78. The lowest BCUT2D eigenvalue weighted by Gasteiger charge is -2.44. The van der Waals surface area contributed by atoms with E-state index in [2.05, 4.69) is 0 Å². The fourth-order valence-electron chi connectivity index (χ4n) is 2.51. The molecule has 0 spiro atoms. The Morgan fingerprint density at radius 2 is 2.29 bits per heavy atom. The zero-order chi connectivity index (χ0) is 12.5. The van der Waals surface area contributed by atoms with E-state index in [1.54, 1.807) is 6.07 Å². The fraction of sp³-hybridized carbons (Fsp3) is 0.462. The smallest absolute Gasteiger partial charge is 0.313 e. The molecule has 0 unspecified atom stereocenters. The molecular formula is C13H16FNO2. The first-order valence-electron chi connectivity index (χ1n) is 5.65. The molecule has 0 bridgehead atoms. The molecule has 0 amide bonds. The molecule has 3 nitrogen and oxygen atoms in total. The zero-order valence-electron chi connectivity index (χ0n) is 9.78. The molecule has 1 aromatic carbocycles. The number of halogens is 1. The Kier molecular flexibility index (Phi) is 3.15. The number of hydrogen-bond acceptors (Lipinski definition) is 3. The number of benzene rings is 1. The van der Waals surface area contributed by atoms with Crippen LogP contribution in [0.4, 0.5) is 4.39 Å². The lowest BCUT2D eigenvalue weighted by Crippen LogP contribution is -2.48. The Labute approximate surface area is 99.8 Å². The molecule has 1 saturated carbocycles. The number of methoxy groups -OCH3 is 1. The summed E-state index contributed by atoms with van der Waals surface area (Å²) in [5, 5.41) is 0. The number of hydrogen-bond donors (Lipinski definition) is 1. The van der Waals surface area contributed by atoms with Crippen LogP contribution in [0.3, 0.4) is 0 Å². The Bertz CT molecular complexity index is 427. The molecule has 0 heterocycles. The van der Waals surface area contributed by atoms with Gasteiger partial charge in [-0.25, -0.2) is 4.39 Å². The van der Waals surface area contributed by atoms with E-state index in [0.717, 1.165) is 5.56 Å². The van der Waals surface area contributed by atoms with E-state index in [1.165, 1.54) is 19.2 Å². The molecule has 2 rings (SSSR count). The van der Waals surface area contributed by atoms with Crippen LogP contribution < -0.4 is 5.73 Å². The molecule has 0 atom stereocenters. The van der Waals surface area contributed by atoms with E-state index in [9.17, 15) is 9.18 Å². The standard InChI is InChI=1S/C13H16FNO2/c1-17-12(16)13(8-15)6-10(7-13)9-3-2-4-11(14)5-9/h2-5,10H,6-8,15H2,1H3. The maximum absolute atomic E-state index is 13.1. The van der Waals surface area contributed by atoms with Gasteiger partial charge in [-0.3, -0.25) is 4.79 Å². The SMILES string of the molecule is COC(=O)C1(CN)CC(c2cccc(F)c2)C1. The molecule has 1 aliphatic carbocycles. The molecule has 4 heteroatoms. The van der Waals surface area contributed by atoms with Gasteiger partial charge in [0.25, 0.3) is 0 Å².